The number of likely N-dealkylation sites (tertiary alicyclic amines) is 1. The van der Waals surface area contributed by atoms with E-state index in [4.69, 9.17) is 18.9 Å². The predicted molar refractivity (Wildman–Crippen MR) is 131 cm³/mol. The van der Waals surface area contributed by atoms with Crippen LogP contribution in [-0.2, 0) is 34.0 Å². The Morgan fingerprint density at radius 2 is 1.92 bits per heavy atom. The third-order valence-corrected chi connectivity index (χ3v) is 6.94. The summed E-state index contributed by atoms with van der Waals surface area (Å²) in [5.41, 5.74) is 0.587. The lowest BCUT2D eigenvalue weighted by Gasteiger charge is -2.48. The third kappa shape index (κ3) is 3.71. The molecule has 0 saturated carbocycles. The Hall–Kier alpha value is -3.84. The summed E-state index contributed by atoms with van der Waals surface area (Å²) < 4.78 is 20.9. The second kappa shape index (κ2) is 10.0. The van der Waals surface area contributed by atoms with Crippen LogP contribution < -0.4 is 9.64 Å². The van der Waals surface area contributed by atoms with Crippen molar-refractivity contribution in [1.82, 2.24) is 4.90 Å². The van der Waals surface area contributed by atoms with Gasteiger partial charge in [-0.1, -0.05) is 5.92 Å². The first kappa shape index (κ1) is 25.3. The van der Waals surface area contributed by atoms with Crippen LogP contribution in [0.15, 0.2) is 34.5 Å². The zero-order valence-electron chi connectivity index (χ0n) is 21.0. The first-order chi connectivity index (χ1) is 17.4. The molecule has 3 heterocycles. The third-order valence-electron chi connectivity index (χ3n) is 6.94. The molecule has 0 aliphatic carbocycles. The lowest BCUT2D eigenvalue weighted by molar-refractivity contribution is -0.140. The van der Waals surface area contributed by atoms with Crippen LogP contribution >= 0.6 is 0 Å². The van der Waals surface area contributed by atoms with E-state index in [9.17, 15) is 14.4 Å². The van der Waals surface area contributed by atoms with Crippen molar-refractivity contribution in [1.29, 1.82) is 0 Å². The van der Waals surface area contributed by atoms with E-state index in [1.807, 2.05) is 23.1 Å². The average molecular weight is 496 g/mol. The zero-order valence-corrected chi connectivity index (χ0v) is 21.0. The van der Waals surface area contributed by atoms with Gasteiger partial charge < -0.3 is 23.8 Å². The minimum atomic E-state index is -0.942. The molecule has 1 unspecified atom stereocenters. The number of amides is 1. The molecular weight excluding hydrogens is 466 g/mol. The molecule has 0 bridgehead atoms. The SMILES string of the molecule is CC#CCN1c2ccc(OC)cc2[C@]23CCC(=O)N(CCOC)C2=NC(C(=O)OC)=C(C(=O)OC)C13. The molecule has 0 radical (unpaired) electrons. The van der Waals surface area contributed by atoms with Crippen LogP contribution in [-0.4, -0.2) is 82.8 Å². The molecule has 4 rings (SSSR count). The number of amidine groups is 1. The second-order valence-corrected chi connectivity index (χ2v) is 8.53. The molecule has 1 saturated heterocycles. The molecule has 1 aromatic carbocycles. The average Bonchev–Trinajstić information content (AvgIpc) is 3.18. The van der Waals surface area contributed by atoms with Crippen molar-refractivity contribution in [2.75, 3.05) is 53.0 Å². The van der Waals surface area contributed by atoms with Crippen molar-refractivity contribution < 1.29 is 33.3 Å². The van der Waals surface area contributed by atoms with E-state index in [-0.39, 0.29) is 43.3 Å². The molecule has 3 aliphatic rings. The molecular formula is C26H29N3O7. The number of aliphatic imine (C=N–C) groups is 1. The molecule has 1 aromatic rings. The Bertz CT molecular complexity index is 1230. The number of anilines is 1. The number of carbonyl (C=O) groups is 3. The van der Waals surface area contributed by atoms with Crippen LogP contribution in [0.1, 0.15) is 25.3 Å². The maximum absolute atomic E-state index is 13.3. The molecule has 1 spiro atoms. The number of hydrogen-bond acceptors (Lipinski definition) is 9. The maximum Gasteiger partial charge on any atom is 0.357 e. The highest BCUT2D eigenvalue weighted by Gasteiger charge is 2.63. The highest BCUT2D eigenvalue weighted by atomic mass is 16.5. The second-order valence-electron chi connectivity index (χ2n) is 8.53. The lowest BCUT2D eigenvalue weighted by atomic mass is 9.65. The number of piperidine rings is 1. The maximum atomic E-state index is 13.3. The molecule has 10 nitrogen and oxygen atoms in total. The summed E-state index contributed by atoms with van der Waals surface area (Å²) in [5.74, 6) is 5.35. The summed E-state index contributed by atoms with van der Waals surface area (Å²) in [7, 11) is 5.60. The Morgan fingerprint density at radius 3 is 2.56 bits per heavy atom. The fourth-order valence-corrected chi connectivity index (χ4v) is 5.41. The largest absolute Gasteiger partial charge is 0.497 e. The monoisotopic (exact) mass is 495 g/mol. The number of rotatable bonds is 7. The van der Waals surface area contributed by atoms with Gasteiger partial charge in [0.25, 0.3) is 0 Å². The Balaban J connectivity index is 2.10. The van der Waals surface area contributed by atoms with Gasteiger partial charge in [0.2, 0.25) is 5.91 Å². The van der Waals surface area contributed by atoms with Crippen molar-refractivity contribution in [2.24, 2.45) is 4.99 Å². The van der Waals surface area contributed by atoms with E-state index < -0.39 is 23.4 Å². The molecule has 10 heteroatoms. The predicted octanol–water partition coefficient (Wildman–Crippen LogP) is 1.43. The van der Waals surface area contributed by atoms with Gasteiger partial charge in [-0.05, 0) is 37.1 Å². The number of methoxy groups -OCH3 is 4. The summed E-state index contributed by atoms with van der Waals surface area (Å²) in [5, 5.41) is 0. The van der Waals surface area contributed by atoms with Gasteiger partial charge in [0.05, 0.1) is 58.1 Å². The topological polar surface area (TPSA) is 107 Å². The number of carbonyl (C=O) groups excluding carboxylic acids is 3. The van der Waals surface area contributed by atoms with Crippen LogP contribution in [0.2, 0.25) is 0 Å². The van der Waals surface area contributed by atoms with Crippen LogP contribution in [0.4, 0.5) is 5.69 Å². The smallest absolute Gasteiger partial charge is 0.357 e. The van der Waals surface area contributed by atoms with Gasteiger partial charge in [-0.15, -0.1) is 5.92 Å². The van der Waals surface area contributed by atoms with Gasteiger partial charge in [-0.25, -0.2) is 14.6 Å². The number of nitrogens with zero attached hydrogens (tertiary/aromatic N) is 3. The number of benzene rings is 1. The highest BCUT2D eigenvalue weighted by molar-refractivity contribution is 6.16. The number of ether oxygens (including phenoxy) is 4. The summed E-state index contributed by atoms with van der Waals surface area (Å²) in [4.78, 5) is 47.6. The standard InChI is InChI=1S/C26H29N3O7/c1-6-7-12-28-18-9-8-16(34-3)15-17(18)26-11-10-19(30)29(13-14-33-2)25(26)27-21(24(32)36-5)20(22(26)28)23(31)35-4/h8-9,15,22H,10-14H2,1-5H3/t22?,26-/m0/s1. The normalized spacial score (nSPS) is 22.1. The van der Waals surface area contributed by atoms with Gasteiger partial charge in [-0.2, -0.15) is 0 Å². The fraction of sp³-hybridized carbons (Fsp3) is 0.462. The van der Waals surface area contributed by atoms with E-state index in [1.54, 1.807) is 26.0 Å². The Morgan fingerprint density at radius 1 is 1.17 bits per heavy atom. The van der Waals surface area contributed by atoms with E-state index in [2.05, 4.69) is 16.8 Å². The van der Waals surface area contributed by atoms with Crippen LogP contribution in [0.3, 0.4) is 0 Å². The summed E-state index contributed by atoms with van der Waals surface area (Å²) >= 11 is 0. The number of esters is 2. The summed E-state index contributed by atoms with van der Waals surface area (Å²) in [6.45, 7) is 2.51. The van der Waals surface area contributed by atoms with Crippen molar-refractivity contribution in [3.05, 3.63) is 35.0 Å². The Kier molecular flexibility index (Phi) is 7.04. The number of fused-ring (bicyclic) bond motifs is 1. The molecule has 190 valence electrons. The quantitative estimate of drug-likeness (QED) is 0.413. The van der Waals surface area contributed by atoms with Gasteiger partial charge in [0.1, 0.15) is 11.6 Å². The minimum Gasteiger partial charge on any atom is -0.497 e. The molecule has 0 N–H and O–H groups in total. The molecule has 36 heavy (non-hydrogen) atoms. The molecule has 2 atom stereocenters. The Labute approximate surface area is 209 Å². The van der Waals surface area contributed by atoms with E-state index in [1.165, 1.54) is 14.2 Å². The number of hydrogen-bond donors (Lipinski definition) is 0. The van der Waals surface area contributed by atoms with Gasteiger partial charge in [-0.3, -0.25) is 9.69 Å². The van der Waals surface area contributed by atoms with Crippen molar-refractivity contribution in [3.63, 3.8) is 0 Å². The first-order valence-corrected chi connectivity index (χ1v) is 11.5. The van der Waals surface area contributed by atoms with Crippen molar-refractivity contribution in [2.45, 2.75) is 31.2 Å². The van der Waals surface area contributed by atoms with E-state index in [0.717, 1.165) is 11.3 Å². The van der Waals surface area contributed by atoms with Crippen LogP contribution in [0.5, 0.6) is 5.75 Å². The highest BCUT2D eigenvalue weighted by Crippen LogP contribution is 2.56. The lowest BCUT2D eigenvalue weighted by Crippen LogP contribution is -2.63. The minimum absolute atomic E-state index is 0.0715. The van der Waals surface area contributed by atoms with Crippen LogP contribution in [0, 0.1) is 11.8 Å². The molecule has 3 aliphatic heterocycles. The van der Waals surface area contributed by atoms with Gasteiger partial charge in [0.15, 0.2) is 5.70 Å². The first-order valence-electron chi connectivity index (χ1n) is 11.5. The zero-order chi connectivity index (χ0) is 26.0. The summed E-state index contributed by atoms with van der Waals surface area (Å²) in [6.07, 6.45) is 0.579. The van der Waals surface area contributed by atoms with Crippen molar-refractivity contribution in [3.8, 4) is 17.6 Å². The summed E-state index contributed by atoms with van der Waals surface area (Å²) in [6, 6.07) is 4.92. The van der Waals surface area contributed by atoms with E-state index in [0.29, 0.717) is 18.0 Å². The van der Waals surface area contributed by atoms with Gasteiger partial charge in [0, 0.05) is 19.2 Å². The molecule has 0 aromatic heterocycles. The van der Waals surface area contributed by atoms with E-state index >= 15 is 0 Å². The van der Waals surface area contributed by atoms with Gasteiger partial charge >= 0.3 is 11.9 Å². The molecule has 1 amide bonds. The van der Waals surface area contributed by atoms with Crippen molar-refractivity contribution >= 4 is 29.4 Å². The molecule has 1 fully saturated rings. The van der Waals surface area contributed by atoms with Crippen LogP contribution in [0.25, 0.3) is 0 Å². The fourth-order valence-electron chi connectivity index (χ4n) is 5.41.